The van der Waals surface area contributed by atoms with Gasteiger partial charge in [-0.2, -0.15) is 5.48 Å². The zero-order chi connectivity index (χ0) is 11.5. The summed E-state index contributed by atoms with van der Waals surface area (Å²) in [7, 11) is -1.75. The molecule has 0 bridgehead atoms. The highest BCUT2D eigenvalue weighted by Gasteiger charge is 2.11. The molecular formula is C9H12ClNO3S. The Morgan fingerprint density at radius 2 is 2.13 bits per heavy atom. The molecule has 15 heavy (non-hydrogen) atoms. The third kappa shape index (κ3) is 3.46. The van der Waals surface area contributed by atoms with Crippen LogP contribution in [0.3, 0.4) is 0 Å². The average Bonchev–Trinajstić information content (AvgIpc) is 2.12. The Hall–Kier alpha value is -0.620. The number of halogens is 1. The lowest BCUT2D eigenvalue weighted by molar-refractivity contribution is 0.0867. The summed E-state index contributed by atoms with van der Waals surface area (Å²) in [4.78, 5) is 4.82. The Morgan fingerprint density at radius 3 is 2.60 bits per heavy atom. The van der Waals surface area contributed by atoms with E-state index in [-0.39, 0.29) is 9.92 Å². The van der Waals surface area contributed by atoms with Crippen molar-refractivity contribution in [3.05, 3.63) is 28.8 Å². The van der Waals surface area contributed by atoms with E-state index >= 15 is 0 Å². The number of nitrogens with one attached hydrogen (secondary N) is 1. The fourth-order valence-electron chi connectivity index (χ4n) is 1.11. The first-order valence-corrected chi connectivity index (χ1v) is 6.46. The van der Waals surface area contributed by atoms with Gasteiger partial charge in [0, 0.05) is 12.8 Å². The monoisotopic (exact) mass is 249 g/mol. The van der Waals surface area contributed by atoms with Gasteiger partial charge in [0.25, 0.3) is 0 Å². The second-order valence-electron chi connectivity index (χ2n) is 3.06. The van der Waals surface area contributed by atoms with Crippen molar-refractivity contribution in [1.29, 1.82) is 0 Å². The summed E-state index contributed by atoms with van der Waals surface area (Å²) in [6.07, 6.45) is 1.13. The molecule has 0 heterocycles. The molecule has 0 aliphatic heterocycles. The standard InChI is InChI=1S/C9H12ClNO3S/c1-14-11-6-7-3-4-9(8(10)5-7)15(2,12)13/h3-5,11H,6H2,1-2H3. The first-order valence-electron chi connectivity index (χ1n) is 4.19. The SMILES string of the molecule is CONCc1ccc(S(C)(=O)=O)c(Cl)c1. The number of sulfone groups is 1. The molecule has 0 amide bonds. The Kier molecular flexibility index (Phi) is 4.10. The molecule has 0 aliphatic carbocycles. The van der Waals surface area contributed by atoms with Crippen LogP contribution in [0.4, 0.5) is 0 Å². The number of benzene rings is 1. The van der Waals surface area contributed by atoms with Crippen molar-refractivity contribution < 1.29 is 13.3 Å². The molecule has 1 aromatic carbocycles. The normalized spacial score (nSPS) is 11.7. The van der Waals surface area contributed by atoms with Gasteiger partial charge in [-0.3, -0.25) is 0 Å². The molecule has 0 saturated heterocycles. The van der Waals surface area contributed by atoms with Gasteiger partial charge >= 0.3 is 0 Å². The Balaban J connectivity index is 2.99. The van der Waals surface area contributed by atoms with Crippen molar-refractivity contribution in [2.24, 2.45) is 0 Å². The zero-order valence-corrected chi connectivity index (χ0v) is 10.0. The van der Waals surface area contributed by atoms with E-state index in [2.05, 4.69) is 10.3 Å². The van der Waals surface area contributed by atoms with E-state index in [1.54, 1.807) is 12.1 Å². The predicted octanol–water partition coefficient (Wildman–Crippen LogP) is 1.39. The highest BCUT2D eigenvalue weighted by molar-refractivity contribution is 7.90. The zero-order valence-electron chi connectivity index (χ0n) is 8.45. The van der Waals surface area contributed by atoms with Crippen LogP contribution in [0.25, 0.3) is 0 Å². The lowest BCUT2D eigenvalue weighted by Crippen LogP contribution is -2.11. The van der Waals surface area contributed by atoms with Gasteiger partial charge in [-0.1, -0.05) is 17.7 Å². The van der Waals surface area contributed by atoms with E-state index < -0.39 is 9.84 Å². The molecule has 84 valence electrons. The smallest absolute Gasteiger partial charge is 0.176 e. The summed E-state index contributed by atoms with van der Waals surface area (Å²) in [6, 6.07) is 4.78. The molecule has 0 aromatic heterocycles. The molecule has 0 saturated carbocycles. The highest BCUT2D eigenvalue weighted by Crippen LogP contribution is 2.22. The first-order chi connectivity index (χ1) is 6.95. The highest BCUT2D eigenvalue weighted by atomic mass is 35.5. The Morgan fingerprint density at radius 1 is 1.47 bits per heavy atom. The van der Waals surface area contributed by atoms with Gasteiger partial charge in [-0.25, -0.2) is 8.42 Å². The minimum atomic E-state index is -3.25. The van der Waals surface area contributed by atoms with Gasteiger partial charge in [0.15, 0.2) is 9.84 Å². The summed E-state index contributed by atoms with van der Waals surface area (Å²) in [5.41, 5.74) is 3.50. The van der Waals surface area contributed by atoms with Gasteiger partial charge in [-0.05, 0) is 17.7 Å². The van der Waals surface area contributed by atoms with Crippen LogP contribution < -0.4 is 5.48 Å². The third-order valence-electron chi connectivity index (χ3n) is 1.82. The van der Waals surface area contributed by atoms with Gasteiger partial charge in [-0.15, -0.1) is 0 Å². The second-order valence-corrected chi connectivity index (χ2v) is 5.45. The van der Waals surface area contributed by atoms with Crippen molar-refractivity contribution >= 4 is 21.4 Å². The van der Waals surface area contributed by atoms with Crippen LogP contribution in [0.15, 0.2) is 23.1 Å². The maximum absolute atomic E-state index is 11.3. The van der Waals surface area contributed by atoms with Gasteiger partial charge in [0.2, 0.25) is 0 Å². The molecule has 1 N–H and O–H groups in total. The van der Waals surface area contributed by atoms with Gasteiger partial charge in [0.1, 0.15) is 0 Å². The molecule has 0 unspecified atom stereocenters. The minimum absolute atomic E-state index is 0.144. The molecule has 0 fully saturated rings. The van der Waals surface area contributed by atoms with Gasteiger partial charge in [0.05, 0.1) is 17.0 Å². The minimum Gasteiger partial charge on any atom is -0.305 e. The maximum atomic E-state index is 11.3. The molecule has 1 aromatic rings. The first kappa shape index (κ1) is 12.4. The number of hydrogen-bond donors (Lipinski definition) is 1. The Bertz CT molecular complexity index is 445. The average molecular weight is 250 g/mol. The largest absolute Gasteiger partial charge is 0.305 e. The molecule has 1 rings (SSSR count). The van der Waals surface area contributed by atoms with Crippen molar-refractivity contribution in [3.8, 4) is 0 Å². The van der Waals surface area contributed by atoms with E-state index in [4.69, 9.17) is 11.6 Å². The van der Waals surface area contributed by atoms with Crippen molar-refractivity contribution in [2.75, 3.05) is 13.4 Å². The maximum Gasteiger partial charge on any atom is 0.176 e. The van der Waals surface area contributed by atoms with E-state index in [9.17, 15) is 8.42 Å². The topological polar surface area (TPSA) is 55.4 Å². The summed E-state index contributed by atoms with van der Waals surface area (Å²) in [6.45, 7) is 0.472. The van der Waals surface area contributed by atoms with Crippen LogP contribution in [0.5, 0.6) is 0 Å². The van der Waals surface area contributed by atoms with Crippen LogP contribution in [0.1, 0.15) is 5.56 Å². The summed E-state index contributed by atoms with van der Waals surface area (Å²) in [5, 5.41) is 0.230. The molecule has 0 radical (unpaired) electrons. The van der Waals surface area contributed by atoms with Gasteiger partial charge < -0.3 is 4.84 Å². The van der Waals surface area contributed by atoms with Crippen LogP contribution in [0, 0.1) is 0 Å². The summed E-state index contributed by atoms with van der Waals surface area (Å²) >= 11 is 5.85. The second kappa shape index (κ2) is 4.94. The fourth-order valence-corrected chi connectivity index (χ4v) is 2.46. The van der Waals surface area contributed by atoms with Crippen LogP contribution in [0.2, 0.25) is 5.02 Å². The fraction of sp³-hybridized carbons (Fsp3) is 0.333. The quantitative estimate of drug-likeness (QED) is 0.820. The Labute approximate surface area is 94.1 Å². The van der Waals surface area contributed by atoms with Crippen LogP contribution in [-0.2, 0) is 21.2 Å². The number of hydroxylamine groups is 1. The van der Waals surface area contributed by atoms with Crippen LogP contribution in [-0.4, -0.2) is 21.8 Å². The molecule has 0 atom stereocenters. The van der Waals surface area contributed by atoms with E-state index in [0.29, 0.717) is 6.54 Å². The van der Waals surface area contributed by atoms with Crippen LogP contribution >= 0.6 is 11.6 Å². The number of rotatable bonds is 4. The third-order valence-corrected chi connectivity index (χ3v) is 3.40. The molecule has 4 nitrogen and oxygen atoms in total. The van der Waals surface area contributed by atoms with E-state index in [0.717, 1.165) is 11.8 Å². The molecule has 0 spiro atoms. The van der Waals surface area contributed by atoms with Crippen molar-refractivity contribution in [1.82, 2.24) is 5.48 Å². The number of hydrogen-bond acceptors (Lipinski definition) is 4. The molecule has 6 heteroatoms. The van der Waals surface area contributed by atoms with E-state index in [1.807, 2.05) is 0 Å². The predicted molar refractivity (Wildman–Crippen MR) is 58.4 cm³/mol. The van der Waals surface area contributed by atoms with Crippen molar-refractivity contribution in [3.63, 3.8) is 0 Å². The molecular weight excluding hydrogens is 238 g/mol. The van der Waals surface area contributed by atoms with E-state index in [1.165, 1.54) is 13.2 Å². The molecule has 0 aliphatic rings. The lowest BCUT2D eigenvalue weighted by atomic mass is 10.2. The lowest BCUT2D eigenvalue weighted by Gasteiger charge is -2.05. The van der Waals surface area contributed by atoms with Crippen molar-refractivity contribution in [2.45, 2.75) is 11.4 Å². The summed E-state index contributed by atoms with van der Waals surface area (Å²) in [5.74, 6) is 0. The summed E-state index contributed by atoms with van der Waals surface area (Å²) < 4.78 is 22.5.